The Morgan fingerprint density at radius 2 is 1.96 bits per heavy atom. The summed E-state index contributed by atoms with van der Waals surface area (Å²) in [6.45, 7) is 5.47. The first kappa shape index (κ1) is 17.2. The third-order valence-corrected chi connectivity index (χ3v) is 2.89. The lowest BCUT2D eigenvalue weighted by Gasteiger charge is -2.19. The number of hydrogen-bond donors (Lipinski definition) is 2. The van der Waals surface area contributed by atoms with Crippen LogP contribution in [0.5, 0.6) is 5.88 Å². The number of anilines is 1. The summed E-state index contributed by atoms with van der Waals surface area (Å²) in [5, 5.41) is 13.6. The number of carbonyl (C=O) groups excluding carboxylic acids is 1. The van der Waals surface area contributed by atoms with E-state index >= 15 is 0 Å². The summed E-state index contributed by atoms with van der Waals surface area (Å²) in [6, 6.07) is 7.43. The molecule has 0 spiro atoms. The van der Waals surface area contributed by atoms with Crippen LogP contribution in [0.2, 0.25) is 0 Å². The van der Waals surface area contributed by atoms with Crippen molar-refractivity contribution >= 4 is 17.5 Å². The SMILES string of the molecule is CC(C)(C)NC(=O)Oc1cc(-c2cc(N)cc([N+](=O)[O-])c2)ccn1. The maximum Gasteiger partial charge on any atom is 0.414 e. The molecule has 0 aliphatic heterocycles. The number of nitrogen functional groups attached to an aromatic ring is 1. The van der Waals surface area contributed by atoms with Gasteiger partial charge in [-0.05, 0) is 44.0 Å². The van der Waals surface area contributed by atoms with E-state index in [0.717, 1.165) is 0 Å². The molecule has 126 valence electrons. The average molecular weight is 330 g/mol. The van der Waals surface area contributed by atoms with E-state index in [2.05, 4.69) is 10.3 Å². The van der Waals surface area contributed by atoms with E-state index in [1.54, 1.807) is 12.1 Å². The highest BCUT2D eigenvalue weighted by atomic mass is 16.6. The molecule has 8 heteroatoms. The number of nitrogens with two attached hydrogens (primary N) is 1. The standard InChI is InChI=1S/C16H18N4O4/c1-16(2,3)19-15(21)24-14-8-10(4-5-18-14)11-6-12(17)9-13(7-11)20(22)23/h4-9H,17H2,1-3H3,(H,19,21). The number of hydrogen-bond acceptors (Lipinski definition) is 6. The van der Waals surface area contributed by atoms with E-state index in [0.29, 0.717) is 11.1 Å². The van der Waals surface area contributed by atoms with Crippen molar-refractivity contribution < 1.29 is 14.5 Å². The Bertz CT molecular complexity index is 784. The van der Waals surface area contributed by atoms with Crippen molar-refractivity contribution in [3.63, 3.8) is 0 Å². The van der Waals surface area contributed by atoms with Crippen LogP contribution >= 0.6 is 0 Å². The molecule has 1 aromatic carbocycles. The lowest BCUT2D eigenvalue weighted by atomic mass is 10.1. The van der Waals surface area contributed by atoms with Crippen LogP contribution in [0, 0.1) is 10.1 Å². The Morgan fingerprint density at radius 1 is 1.25 bits per heavy atom. The maximum atomic E-state index is 11.8. The maximum absolute atomic E-state index is 11.8. The molecule has 8 nitrogen and oxygen atoms in total. The molecule has 0 saturated carbocycles. The fourth-order valence-electron chi connectivity index (χ4n) is 1.98. The first-order chi connectivity index (χ1) is 11.1. The normalized spacial score (nSPS) is 11.0. The monoisotopic (exact) mass is 330 g/mol. The van der Waals surface area contributed by atoms with Crippen LogP contribution in [0.15, 0.2) is 36.5 Å². The summed E-state index contributed by atoms with van der Waals surface area (Å²) in [5.41, 5.74) is 6.55. The summed E-state index contributed by atoms with van der Waals surface area (Å²) < 4.78 is 5.13. The molecule has 0 atom stereocenters. The molecule has 3 N–H and O–H groups in total. The van der Waals surface area contributed by atoms with Gasteiger partial charge in [-0.1, -0.05) is 0 Å². The van der Waals surface area contributed by atoms with Crippen molar-refractivity contribution in [2.45, 2.75) is 26.3 Å². The highest BCUT2D eigenvalue weighted by Gasteiger charge is 2.16. The largest absolute Gasteiger partial charge is 0.414 e. The van der Waals surface area contributed by atoms with Crippen LogP contribution in [-0.2, 0) is 0 Å². The van der Waals surface area contributed by atoms with Crippen LogP contribution in [0.25, 0.3) is 11.1 Å². The Kier molecular flexibility index (Phi) is 4.68. The number of nitrogens with zero attached hydrogens (tertiary/aromatic N) is 2. The number of rotatable bonds is 3. The molecule has 1 amide bonds. The van der Waals surface area contributed by atoms with Gasteiger partial charge in [0.05, 0.1) is 4.92 Å². The molecule has 0 aliphatic rings. The van der Waals surface area contributed by atoms with Crippen molar-refractivity contribution in [3.8, 4) is 17.0 Å². The summed E-state index contributed by atoms with van der Waals surface area (Å²) in [4.78, 5) is 26.2. The van der Waals surface area contributed by atoms with Gasteiger partial charge in [0.25, 0.3) is 5.69 Å². The van der Waals surface area contributed by atoms with E-state index in [1.807, 2.05) is 20.8 Å². The van der Waals surface area contributed by atoms with Crippen LogP contribution in [-0.4, -0.2) is 21.5 Å². The molecule has 0 unspecified atom stereocenters. The molecule has 2 rings (SSSR count). The van der Waals surface area contributed by atoms with Gasteiger partial charge in [0.2, 0.25) is 5.88 Å². The summed E-state index contributed by atoms with van der Waals surface area (Å²) in [5.74, 6) is 0.0827. The third-order valence-electron chi connectivity index (χ3n) is 2.89. The van der Waals surface area contributed by atoms with Crippen LogP contribution in [0.4, 0.5) is 16.2 Å². The van der Waals surface area contributed by atoms with Gasteiger partial charge in [-0.15, -0.1) is 0 Å². The highest BCUT2D eigenvalue weighted by molar-refractivity contribution is 5.74. The zero-order valence-electron chi connectivity index (χ0n) is 13.6. The number of nitro groups is 1. The number of ether oxygens (including phenoxy) is 1. The second kappa shape index (κ2) is 6.53. The van der Waals surface area contributed by atoms with Gasteiger partial charge in [0, 0.05) is 35.6 Å². The van der Waals surface area contributed by atoms with Gasteiger partial charge in [-0.25, -0.2) is 9.78 Å². The topological polar surface area (TPSA) is 120 Å². The van der Waals surface area contributed by atoms with Gasteiger partial charge < -0.3 is 15.8 Å². The van der Waals surface area contributed by atoms with Gasteiger partial charge in [0.15, 0.2) is 0 Å². The fraction of sp³-hybridized carbons (Fsp3) is 0.250. The Morgan fingerprint density at radius 3 is 2.58 bits per heavy atom. The number of non-ortho nitro benzene ring substituents is 1. The van der Waals surface area contributed by atoms with Crippen LogP contribution < -0.4 is 15.8 Å². The predicted molar refractivity (Wildman–Crippen MR) is 89.7 cm³/mol. The Hall–Kier alpha value is -3.16. The average Bonchev–Trinajstić information content (AvgIpc) is 2.44. The first-order valence-corrected chi connectivity index (χ1v) is 7.15. The molecular weight excluding hydrogens is 312 g/mol. The van der Waals surface area contributed by atoms with Crippen molar-refractivity contribution in [1.29, 1.82) is 0 Å². The number of amides is 1. The second-order valence-electron chi connectivity index (χ2n) is 6.22. The minimum atomic E-state index is -0.634. The smallest absolute Gasteiger partial charge is 0.399 e. The van der Waals surface area contributed by atoms with Crippen molar-refractivity contribution in [2.75, 3.05) is 5.73 Å². The Labute approximate surface area is 138 Å². The van der Waals surface area contributed by atoms with Gasteiger partial charge in [-0.2, -0.15) is 0 Å². The predicted octanol–water partition coefficient (Wildman–Crippen LogP) is 3.13. The van der Waals surface area contributed by atoms with E-state index in [-0.39, 0.29) is 17.3 Å². The van der Waals surface area contributed by atoms with Gasteiger partial charge >= 0.3 is 6.09 Å². The van der Waals surface area contributed by atoms with Crippen LogP contribution in [0.1, 0.15) is 20.8 Å². The minimum Gasteiger partial charge on any atom is -0.399 e. The first-order valence-electron chi connectivity index (χ1n) is 7.15. The molecule has 24 heavy (non-hydrogen) atoms. The van der Waals surface area contributed by atoms with Crippen LogP contribution in [0.3, 0.4) is 0 Å². The zero-order chi connectivity index (χ0) is 17.9. The Balaban J connectivity index is 2.28. The molecular formula is C16H18N4O4. The summed E-state index contributed by atoms with van der Waals surface area (Å²) >= 11 is 0. The zero-order valence-corrected chi connectivity index (χ0v) is 13.6. The molecule has 0 bridgehead atoms. The molecule has 1 aromatic heterocycles. The second-order valence-corrected chi connectivity index (χ2v) is 6.22. The lowest BCUT2D eigenvalue weighted by Crippen LogP contribution is -2.42. The number of aromatic nitrogens is 1. The van der Waals surface area contributed by atoms with E-state index in [9.17, 15) is 14.9 Å². The molecule has 0 fully saturated rings. The number of pyridine rings is 1. The number of carbonyl (C=O) groups is 1. The fourth-order valence-corrected chi connectivity index (χ4v) is 1.98. The molecule has 0 radical (unpaired) electrons. The minimum absolute atomic E-state index is 0.0827. The molecule has 0 saturated heterocycles. The van der Waals surface area contributed by atoms with Gasteiger partial charge in [0.1, 0.15) is 0 Å². The summed E-state index contributed by atoms with van der Waals surface area (Å²) in [6.07, 6.45) is 0.815. The van der Waals surface area contributed by atoms with Crippen molar-refractivity contribution in [2.24, 2.45) is 0 Å². The van der Waals surface area contributed by atoms with E-state index < -0.39 is 16.6 Å². The number of nitro benzene ring substituents is 1. The highest BCUT2D eigenvalue weighted by Crippen LogP contribution is 2.28. The van der Waals surface area contributed by atoms with Crippen molar-refractivity contribution in [3.05, 3.63) is 46.6 Å². The third kappa shape index (κ3) is 4.67. The number of benzene rings is 1. The molecule has 2 aromatic rings. The lowest BCUT2D eigenvalue weighted by molar-refractivity contribution is -0.384. The van der Waals surface area contributed by atoms with Crippen molar-refractivity contribution in [1.82, 2.24) is 10.3 Å². The quantitative estimate of drug-likeness (QED) is 0.507. The summed E-state index contributed by atoms with van der Waals surface area (Å²) in [7, 11) is 0. The van der Waals surface area contributed by atoms with Gasteiger partial charge in [-0.3, -0.25) is 10.1 Å². The van der Waals surface area contributed by atoms with E-state index in [4.69, 9.17) is 10.5 Å². The molecule has 0 aliphatic carbocycles. The molecule has 1 heterocycles. The number of nitrogens with one attached hydrogen (secondary N) is 1. The van der Waals surface area contributed by atoms with E-state index in [1.165, 1.54) is 24.4 Å².